The maximum atomic E-state index is 13.4. The van der Waals surface area contributed by atoms with Gasteiger partial charge in [0.15, 0.2) is 11.2 Å². The molecule has 0 aliphatic heterocycles. The molecule has 0 aliphatic rings. The van der Waals surface area contributed by atoms with Gasteiger partial charge in [0.2, 0.25) is 0 Å². The molecule has 0 atom stereocenters. The van der Waals surface area contributed by atoms with Crippen LogP contribution in [0.15, 0.2) is 70.5 Å². The second-order valence-electron chi connectivity index (χ2n) is 7.76. The molecule has 4 aromatic rings. The molecule has 0 saturated heterocycles. The van der Waals surface area contributed by atoms with E-state index in [1.54, 1.807) is 15.5 Å². The van der Waals surface area contributed by atoms with E-state index in [1.165, 1.54) is 10.1 Å². The zero-order valence-corrected chi connectivity index (χ0v) is 17.6. The predicted octanol–water partition coefficient (Wildman–Crippen LogP) is 3.73. The van der Waals surface area contributed by atoms with Crippen LogP contribution in [0.3, 0.4) is 0 Å². The Kier molecular flexibility index (Phi) is 5.40. The molecular formula is C24H26N4O2. The van der Waals surface area contributed by atoms with Crippen molar-refractivity contribution in [2.75, 3.05) is 0 Å². The van der Waals surface area contributed by atoms with E-state index in [9.17, 15) is 9.59 Å². The SMILES string of the molecule is CCn1cnc2c1c(=O)n(CCc1ccccc1)c(=O)n2-c1ccc(C(C)C)cc1. The lowest BCUT2D eigenvalue weighted by molar-refractivity contribution is 0.615. The Bertz CT molecular complexity index is 1280. The molecular weight excluding hydrogens is 376 g/mol. The van der Waals surface area contributed by atoms with E-state index in [2.05, 4.69) is 18.8 Å². The molecule has 0 spiro atoms. The Morgan fingerprint density at radius 1 is 0.967 bits per heavy atom. The first-order valence-corrected chi connectivity index (χ1v) is 10.4. The van der Waals surface area contributed by atoms with Crippen LogP contribution in [-0.4, -0.2) is 18.7 Å². The molecule has 2 aromatic heterocycles. The minimum absolute atomic E-state index is 0.291. The van der Waals surface area contributed by atoms with E-state index in [-0.39, 0.29) is 11.2 Å². The van der Waals surface area contributed by atoms with Crippen LogP contribution >= 0.6 is 0 Å². The highest BCUT2D eigenvalue weighted by atomic mass is 16.2. The molecule has 0 saturated carbocycles. The van der Waals surface area contributed by atoms with E-state index in [1.807, 2.05) is 61.5 Å². The van der Waals surface area contributed by atoms with Crippen LogP contribution in [0.5, 0.6) is 0 Å². The number of fused-ring (bicyclic) bond motifs is 1. The second-order valence-corrected chi connectivity index (χ2v) is 7.76. The molecule has 6 nitrogen and oxygen atoms in total. The molecule has 30 heavy (non-hydrogen) atoms. The molecule has 2 aromatic carbocycles. The van der Waals surface area contributed by atoms with Gasteiger partial charge in [-0.15, -0.1) is 0 Å². The van der Waals surface area contributed by atoms with Gasteiger partial charge in [0.05, 0.1) is 12.0 Å². The number of imidazole rings is 1. The topological polar surface area (TPSA) is 61.8 Å². The van der Waals surface area contributed by atoms with Crippen LogP contribution in [0.2, 0.25) is 0 Å². The first-order valence-electron chi connectivity index (χ1n) is 10.4. The number of aryl methyl sites for hydroxylation is 2. The normalized spacial score (nSPS) is 11.5. The Balaban J connectivity index is 1.89. The standard InChI is InChI=1S/C24H26N4O2/c1-4-26-16-25-22-21(26)23(29)27(15-14-18-8-6-5-7-9-18)24(30)28(22)20-12-10-19(11-13-20)17(2)3/h5-13,16-17H,4,14-15H2,1-3H3. The molecule has 0 amide bonds. The van der Waals surface area contributed by atoms with E-state index in [4.69, 9.17) is 0 Å². The van der Waals surface area contributed by atoms with Gasteiger partial charge in [0, 0.05) is 13.1 Å². The van der Waals surface area contributed by atoms with Gasteiger partial charge in [-0.2, -0.15) is 0 Å². The molecule has 0 fully saturated rings. The highest BCUT2D eigenvalue weighted by Crippen LogP contribution is 2.18. The second kappa shape index (κ2) is 8.14. The van der Waals surface area contributed by atoms with Gasteiger partial charge < -0.3 is 4.57 Å². The Labute approximate surface area is 175 Å². The third-order valence-electron chi connectivity index (χ3n) is 5.53. The molecule has 0 N–H and O–H groups in total. The summed E-state index contributed by atoms with van der Waals surface area (Å²) in [5.74, 6) is 0.398. The van der Waals surface area contributed by atoms with Crippen LogP contribution in [0.4, 0.5) is 0 Å². The van der Waals surface area contributed by atoms with Crippen molar-refractivity contribution in [2.24, 2.45) is 0 Å². The minimum Gasteiger partial charge on any atom is -0.325 e. The molecule has 154 valence electrons. The van der Waals surface area contributed by atoms with E-state index in [0.717, 1.165) is 5.56 Å². The Morgan fingerprint density at radius 2 is 1.67 bits per heavy atom. The smallest absolute Gasteiger partial charge is 0.325 e. The number of hydrogen-bond acceptors (Lipinski definition) is 3. The van der Waals surface area contributed by atoms with E-state index in [0.29, 0.717) is 42.3 Å². The summed E-state index contributed by atoms with van der Waals surface area (Å²) in [7, 11) is 0. The molecule has 0 radical (unpaired) electrons. The quantitative estimate of drug-likeness (QED) is 0.494. The van der Waals surface area contributed by atoms with E-state index < -0.39 is 0 Å². The van der Waals surface area contributed by atoms with Crippen molar-refractivity contribution in [3.05, 3.63) is 92.9 Å². The van der Waals surface area contributed by atoms with Crippen molar-refractivity contribution in [2.45, 2.75) is 46.2 Å². The summed E-state index contributed by atoms with van der Waals surface area (Å²) in [5.41, 5.74) is 3.20. The number of benzene rings is 2. The predicted molar refractivity (Wildman–Crippen MR) is 119 cm³/mol. The minimum atomic E-state index is -0.359. The van der Waals surface area contributed by atoms with Gasteiger partial charge in [-0.05, 0) is 42.5 Å². The summed E-state index contributed by atoms with van der Waals surface area (Å²) in [6, 6.07) is 17.8. The number of nitrogens with zero attached hydrogens (tertiary/aromatic N) is 4. The van der Waals surface area contributed by atoms with Crippen molar-refractivity contribution in [1.82, 2.24) is 18.7 Å². The van der Waals surface area contributed by atoms with Crippen LogP contribution in [0, 0.1) is 0 Å². The number of hydrogen-bond donors (Lipinski definition) is 0. The van der Waals surface area contributed by atoms with Crippen LogP contribution in [0.1, 0.15) is 37.8 Å². The monoisotopic (exact) mass is 402 g/mol. The van der Waals surface area contributed by atoms with Crippen LogP contribution in [-0.2, 0) is 19.5 Å². The van der Waals surface area contributed by atoms with Gasteiger partial charge in [0.25, 0.3) is 5.56 Å². The van der Waals surface area contributed by atoms with Gasteiger partial charge in [-0.3, -0.25) is 9.36 Å². The zero-order valence-electron chi connectivity index (χ0n) is 17.6. The maximum absolute atomic E-state index is 13.4. The highest BCUT2D eigenvalue weighted by Gasteiger charge is 2.19. The van der Waals surface area contributed by atoms with Gasteiger partial charge >= 0.3 is 5.69 Å². The van der Waals surface area contributed by atoms with Crippen LogP contribution < -0.4 is 11.2 Å². The zero-order chi connectivity index (χ0) is 21.3. The van der Waals surface area contributed by atoms with Crippen molar-refractivity contribution in [1.29, 1.82) is 0 Å². The maximum Gasteiger partial charge on any atom is 0.337 e. The summed E-state index contributed by atoms with van der Waals surface area (Å²) in [4.78, 5) is 31.1. The van der Waals surface area contributed by atoms with Crippen molar-refractivity contribution in [3.8, 4) is 5.69 Å². The summed E-state index contributed by atoms with van der Waals surface area (Å²) >= 11 is 0. The molecule has 2 heterocycles. The summed E-state index contributed by atoms with van der Waals surface area (Å²) in [5, 5.41) is 0. The molecule has 0 unspecified atom stereocenters. The van der Waals surface area contributed by atoms with Gasteiger partial charge in [-0.1, -0.05) is 56.3 Å². The lowest BCUT2D eigenvalue weighted by Gasteiger charge is -2.13. The molecule has 0 aliphatic carbocycles. The van der Waals surface area contributed by atoms with Gasteiger partial charge in [-0.25, -0.2) is 14.3 Å². The van der Waals surface area contributed by atoms with Crippen molar-refractivity contribution < 1.29 is 0 Å². The third-order valence-corrected chi connectivity index (χ3v) is 5.53. The fourth-order valence-electron chi connectivity index (χ4n) is 3.74. The molecule has 0 bridgehead atoms. The van der Waals surface area contributed by atoms with Crippen molar-refractivity contribution >= 4 is 11.2 Å². The fourth-order valence-corrected chi connectivity index (χ4v) is 3.74. The van der Waals surface area contributed by atoms with Crippen LogP contribution in [0.25, 0.3) is 16.9 Å². The Morgan fingerprint density at radius 3 is 2.30 bits per heavy atom. The largest absolute Gasteiger partial charge is 0.337 e. The first kappa shape index (κ1) is 19.9. The summed E-state index contributed by atoms with van der Waals surface area (Å²) < 4.78 is 4.69. The number of aromatic nitrogens is 4. The summed E-state index contributed by atoms with van der Waals surface area (Å²) in [6.07, 6.45) is 2.24. The average molecular weight is 402 g/mol. The van der Waals surface area contributed by atoms with E-state index >= 15 is 0 Å². The highest BCUT2D eigenvalue weighted by molar-refractivity contribution is 5.72. The Hall–Kier alpha value is -3.41. The fraction of sp³-hybridized carbons (Fsp3) is 0.292. The summed E-state index contributed by atoms with van der Waals surface area (Å²) in [6.45, 7) is 7.14. The lowest BCUT2D eigenvalue weighted by atomic mass is 10.0. The average Bonchev–Trinajstić information content (AvgIpc) is 3.19. The third kappa shape index (κ3) is 3.49. The lowest BCUT2D eigenvalue weighted by Crippen LogP contribution is -2.40. The first-order chi connectivity index (χ1) is 14.5. The molecule has 6 heteroatoms. The number of rotatable bonds is 6. The van der Waals surface area contributed by atoms with Gasteiger partial charge in [0.1, 0.15) is 0 Å². The molecule has 4 rings (SSSR count). The van der Waals surface area contributed by atoms with Crippen molar-refractivity contribution in [3.63, 3.8) is 0 Å².